The summed E-state index contributed by atoms with van der Waals surface area (Å²) in [5, 5.41) is 5.23. The van der Waals surface area contributed by atoms with Gasteiger partial charge in [-0.1, -0.05) is 65.2 Å². The molecule has 0 amide bonds. The van der Waals surface area contributed by atoms with Crippen molar-refractivity contribution >= 4 is 23.5 Å². The normalized spacial score (nSPS) is 24.8. The van der Waals surface area contributed by atoms with Crippen molar-refractivity contribution in [1.29, 1.82) is 0 Å². The van der Waals surface area contributed by atoms with E-state index in [9.17, 15) is 0 Å². The molecule has 0 spiro atoms. The van der Waals surface area contributed by atoms with E-state index in [2.05, 4.69) is 49.7 Å². The SMILES string of the molecule is CCCCCCCCCCC(NC)C1SCCSC1C. The number of nitrogens with one attached hydrogen (secondary N) is 1. The van der Waals surface area contributed by atoms with Crippen molar-refractivity contribution in [1.82, 2.24) is 5.32 Å². The van der Waals surface area contributed by atoms with Crippen molar-refractivity contribution in [3.63, 3.8) is 0 Å². The summed E-state index contributed by atoms with van der Waals surface area (Å²) in [4.78, 5) is 0. The van der Waals surface area contributed by atoms with Gasteiger partial charge in [-0.05, 0) is 13.5 Å². The van der Waals surface area contributed by atoms with Crippen molar-refractivity contribution in [2.24, 2.45) is 0 Å². The lowest BCUT2D eigenvalue weighted by Gasteiger charge is -2.34. The lowest BCUT2D eigenvalue weighted by Crippen LogP contribution is -2.42. The Hall–Kier alpha value is 0.660. The van der Waals surface area contributed by atoms with E-state index >= 15 is 0 Å². The van der Waals surface area contributed by atoms with Gasteiger partial charge in [-0.25, -0.2) is 0 Å². The summed E-state index contributed by atoms with van der Waals surface area (Å²) in [6, 6.07) is 0.725. The average Bonchev–Trinajstić information content (AvgIpc) is 2.47. The first-order chi connectivity index (χ1) is 9.79. The molecule has 1 heterocycles. The molecule has 3 unspecified atom stereocenters. The van der Waals surface area contributed by atoms with E-state index in [4.69, 9.17) is 0 Å². The molecule has 1 rings (SSSR count). The summed E-state index contributed by atoms with van der Waals surface area (Å²) >= 11 is 4.36. The zero-order valence-electron chi connectivity index (χ0n) is 13.8. The van der Waals surface area contributed by atoms with Gasteiger partial charge in [-0.2, -0.15) is 23.5 Å². The molecule has 1 saturated heterocycles. The molecule has 0 aromatic heterocycles. The molecule has 3 atom stereocenters. The Morgan fingerprint density at radius 1 is 0.950 bits per heavy atom. The molecule has 0 aromatic rings. The molecule has 20 heavy (non-hydrogen) atoms. The zero-order valence-corrected chi connectivity index (χ0v) is 15.5. The smallest absolute Gasteiger partial charge is 0.0317 e. The molecule has 1 aliphatic heterocycles. The van der Waals surface area contributed by atoms with E-state index in [0.29, 0.717) is 0 Å². The van der Waals surface area contributed by atoms with E-state index in [-0.39, 0.29) is 0 Å². The van der Waals surface area contributed by atoms with E-state index in [1.807, 2.05) is 0 Å². The Kier molecular flexibility index (Phi) is 11.4. The maximum absolute atomic E-state index is 3.59. The molecule has 0 aromatic carbocycles. The predicted molar refractivity (Wildman–Crippen MR) is 98.2 cm³/mol. The highest BCUT2D eigenvalue weighted by Gasteiger charge is 2.28. The molecule has 3 heteroatoms. The molecule has 1 N–H and O–H groups in total. The summed E-state index contributed by atoms with van der Waals surface area (Å²) in [5.41, 5.74) is 0. The van der Waals surface area contributed by atoms with Gasteiger partial charge >= 0.3 is 0 Å². The van der Waals surface area contributed by atoms with E-state index in [1.165, 1.54) is 69.3 Å². The van der Waals surface area contributed by atoms with Gasteiger partial charge in [0.25, 0.3) is 0 Å². The quantitative estimate of drug-likeness (QED) is 0.516. The molecular formula is C17H35NS2. The average molecular weight is 318 g/mol. The van der Waals surface area contributed by atoms with Crippen molar-refractivity contribution < 1.29 is 0 Å². The molecular weight excluding hydrogens is 282 g/mol. The van der Waals surface area contributed by atoms with Crippen LogP contribution in [0.25, 0.3) is 0 Å². The number of rotatable bonds is 11. The Morgan fingerprint density at radius 2 is 1.55 bits per heavy atom. The van der Waals surface area contributed by atoms with Crippen LogP contribution in [0, 0.1) is 0 Å². The Labute approximate surface area is 135 Å². The van der Waals surface area contributed by atoms with Crippen LogP contribution >= 0.6 is 23.5 Å². The number of hydrogen-bond acceptors (Lipinski definition) is 3. The van der Waals surface area contributed by atoms with Gasteiger partial charge in [0.05, 0.1) is 0 Å². The molecule has 1 nitrogen and oxygen atoms in total. The predicted octanol–water partition coefficient (Wildman–Crippen LogP) is 5.34. The second kappa shape index (κ2) is 12.2. The van der Waals surface area contributed by atoms with Crippen LogP contribution in [0.1, 0.15) is 71.6 Å². The van der Waals surface area contributed by atoms with Gasteiger partial charge < -0.3 is 5.32 Å². The van der Waals surface area contributed by atoms with E-state index < -0.39 is 0 Å². The van der Waals surface area contributed by atoms with Gasteiger partial charge in [0, 0.05) is 28.0 Å². The van der Waals surface area contributed by atoms with Gasteiger partial charge in [0.2, 0.25) is 0 Å². The van der Waals surface area contributed by atoms with Crippen LogP contribution in [0.4, 0.5) is 0 Å². The van der Waals surface area contributed by atoms with Crippen LogP contribution in [0.3, 0.4) is 0 Å². The van der Waals surface area contributed by atoms with Crippen LogP contribution in [-0.4, -0.2) is 35.1 Å². The topological polar surface area (TPSA) is 12.0 Å². The van der Waals surface area contributed by atoms with Gasteiger partial charge in [-0.15, -0.1) is 0 Å². The van der Waals surface area contributed by atoms with Gasteiger partial charge in [0.1, 0.15) is 0 Å². The third-order valence-corrected chi connectivity index (χ3v) is 7.62. The maximum atomic E-state index is 3.59. The third kappa shape index (κ3) is 7.61. The van der Waals surface area contributed by atoms with Crippen LogP contribution < -0.4 is 5.32 Å². The minimum Gasteiger partial charge on any atom is -0.316 e. The molecule has 0 bridgehead atoms. The highest BCUT2D eigenvalue weighted by Crippen LogP contribution is 2.34. The number of hydrogen-bond donors (Lipinski definition) is 1. The second-order valence-corrected chi connectivity index (χ2v) is 8.84. The summed E-state index contributed by atoms with van der Waals surface area (Å²) in [6.45, 7) is 4.71. The fourth-order valence-electron chi connectivity index (χ4n) is 3.06. The molecule has 0 radical (unpaired) electrons. The molecule has 0 aliphatic carbocycles. The van der Waals surface area contributed by atoms with Crippen molar-refractivity contribution in [3.05, 3.63) is 0 Å². The van der Waals surface area contributed by atoms with Crippen molar-refractivity contribution in [3.8, 4) is 0 Å². The fraction of sp³-hybridized carbons (Fsp3) is 1.00. The Balaban J connectivity index is 2.06. The summed E-state index contributed by atoms with van der Waals surface area (Å²) in [5.74, 6) is 2.69. The van der Waals surface area contributed by atoms with E-state index in [0.717, 1.165) is 16.5 Å². The Morgan fingerprint density at radius 3 is 2.15 bits per heavy atom. The first-order valence-electron chi connectivity index (χ1n) is 8.70. The summed E-state index contributed by atoms with van der Waals surface area (Å²) < 4.78 is 0. The molecule has 1 fully saturated rings. The standard InChI is InChI=1S/C17H35NS2/c1-4-5-6-7-8-9-10-11-12-16(18-3)17-15(2)19-13-14-20-17/h15-18H,4-14H2,1-3H3. The highest BCUT2D eigenvalue weighted by molar-refractivity contribution is 8.07. The highest BCUT2D eigenvalue weighted by atomic mass is 32.2. The van der Waals surface area contributed by atoms with Gasteiger partial charge in [-0.3, -0.25) is 0 Å². The fourth-order valence-corrected chi connectivity index (χ4v) is 6.10. The second-order valence-electron chi connectivity index (χ2n) is 6.07. The monoisotopic (exact) mass is 317 g/mol. The first kappa shape index (κ1) is 18.7. The largest absolute Gasteiger partial charge is 0.316 e. The lowest BCUT2D eigenvalue weighted by molar-refractivity contribution is 0.464. The first-order valence-corrected chi connectivity index (χ1v) is 10.8. The molecule has 1 aliphatic rings. The minimum atomic E-state index is 0.725. The van der Waals surface area contributed by atoms with Crippen LogP contribution in [-0.2, 0) is 0 Å². The van der Waals surface area contributed by atoms with Crippen molar-refractivity contribution in [2.45, 2.75) is 88.2 Å². The summed E-state index contributed by atoms with van der Waals surface area (Å²) in [7, 11) is 2.15. The third-order valence-electron chi connectivity index (χ3n) is 4.37. The zero-order chi connectivity index (χ0) is 14.6. The molecule has 120 valence electrons. The Bertz CT molecular complexity index is 223. The minimum absolute atomic E-state index is 0.725. The van der Waals surface area contributed by atoms with Crippen LogP contribution in [0.2, 0.25) is 0 Å². The lowest BCUT2D eigenvalue weighted by atomic mass is 10.0. The number of thioether (sulfide) groups is 2. The maximum Gasteiger partial charge on any atom is 0.0317 e. The van der Waals surface area contributed by atoms with Crippen LogP contribution in [0.15, 0.2) is 0 Å². The van der Waals surface area contributed by atoms with E-state index in [1.54, 1.807) is 0 Å². The number of unbranched alkanes of at least 4 members (excludes halogenated alkanes) is 7. The summed E-state index contributed by atoms with van der Waals surface area (Å²) in [6.07, 6.45) is 12.8. The van der Waals surface area contributed by atoms with Gasteiger partial charge in [0.15, 0.2) is 0 Å². The van der Waals surface area contributed by atoms with Crippen LogP contribution in [0.5, 0.6) is 0 Å². The van der Waals surface area contributed by atoms with Crippen molar-refractivity contribution in [2.75, 3.05) is 18.6 Å². The molecule has 0 saturated carbocycles.